The zero-order valence-electron chi connectivity index (χ0n) is 10.7. The molecular formula is C14H19NO3. The molecule has 1 rings (SSSR count). The Bertz CT molecular complexity index is 403. The fraction of sp³-hybridized carbons (Fsp3) is 0.429. The maximum Gasteiger partial charge on any atom is 0.326 e. The van der Waals surface area contributed by atoms with Gasteiger partial charge in [0.05, 0.1) is 0 Å². The predicted molar refractivity (Wildman–Crippen MR) is 69.2 cm³/mol. The molecule has 0 fully saturated rings. The van der Waals surface area contributed by atoms with Crippen molar-refractivity contribution in [3.05, 3.63) is 35.9 Å². The standard InChI is InChI=1S/C14H19NO3/c1-3-10(2)13(16)15-12(14(17)18)9-11-7-5-4-6-8-11/h4-8,10,12H,3,9H2,1-2H3,(H,15,16)(H,17,18)/t10?,12-/m0/s1. The molecule has 2 N–H and O–H groups in total. The summed E-state index contributed by atoms with van der Waals surface area (Å²) in [6, 6.07) is 8.41. The first-order valence-corrected chi connectivity index (χ1v) is 6.11. The Labute approximate surface area is 107 Å². The van der Waals surface area contributed by atoms with Crippen LogP contribution in [0.15, 0.2) is 30.3 Å². The van der Waals surface area contributed by atoms with Crippen LogP contribution in [0, 0.1) is 5.92 Å². The molecule has 0 radical (unpaired) electrons. The van der Waals surface area contributed by atoms with Crippen molar-refractivity contribution in [2.24, 2.45) is 5.92 Å². The van der Waals surface area contributed by atoms with Gasteiger partial charge in [0.25, 0.3) is 0 Å². The molecule has 0 aromatic heterocycles. The number of benzene rings is 1. The molecule has 0 saturated heterocycles. The minimum absolute atomic E-state index is 0.164. The number of carbonyl (C=O) groups is 2. The fourth-order valence-electron chi connectivity index (χ4n) is 1.55. The average Bonchev–Trinajstić information content (AvgIpc) is 2.37. The molecule has 0 aliphatic heterocycles. The molecule has 4 heteroatoms. The molecule has 98 valence electrons. The van der Waals surface area contributed by atoms with Gasteiger partial charge in [0, 0.05) is 12.3 Å². The first kappa shape index (κ1) is 14.2. The van der Waals surface area contributed by atoms with Crippen LogP contribution in [0.4, 0.5) is 0 Å². The maximum atomic E-state index is 11.7. The van der Waals surface area contributed by atoms with Gasteiger partial charge in [-0.2, -0.15) is 0 Å². The van der Waals surface area contributed by atoms with Crippen molar-refractivity contribution in [1.82, 2.24) is 5.32 Å². The van der Waals surface area contributed by atoms with E-state index in [0.717, 1.165) is 5.56 Å². The van der Waals surface area contributed by atoms with Crippen molar-refractivity contribution in [2.75, 3.05) is 0 Å². The first-order chi connectivity index (χ1) is 8.54. The smallest absolute Gasteiger partial charge is 0.326 e. The van der Waals surface area contributed by atoms with E-state index in [2.05, 4.69) is 5.32 Å². The van der Waals surface area contributed by atoms with Gasteiger partial charge in [-0.1, -0.05) is 44.2 Å². The lowest BCUT2D eigenvalue weighted by atomic mass is 10.0. The van der Waals surface area contributed by atoms with Crippen molar-refractivity contribution in [1.29, 1.82) is 0 Å². The Balaban J connectivity index is 2.67. The van der Waals surface area contributed by atoms with Gasteiger partial charge in [0.15, 0.2) is 0 Å². The molecule has 1 aromatic carbocycles. The second kappa shape index (κ2) is 6.79. The maximum absolute atomic E-state index is 11.7. The van der Waals surface area contributed by atoms with Crippen LogP contribution in [0.3, 0.4) is 0 Å². The number of hydrogen-bond donors (Lipinski definition) is 2. The second-order valence-corrected chi connectivity index (χ2v) is 4.40. The molecule has 1 aromatic rings. The molecule has 1 unspecified atom stereocenters. The van der Waals surface area contributed by atoms with Gasteiger partial charge < -0.3 is 10.4 Å². The summed E-state index contributed by atoms with van der Waals surface area (Å²) in [6.07, 6.45) is 1.00. The number of carboxylic acid groups (broad SMARTS) is 1. The zero-order chi connectivity index (χ0) is 13.5. The highest BCUT2D eigenvalue weighted by molar-refractivity contribution is 5.84. The molecule has 1 amide bonds. The number of nitrogens with one attached hydrogen (secondary N) is 1. The summed E-state index contributed by atoms with van der Waals surface area (Å²) in [6.45, 7) is 3.69. The van der Waals surface area contributed by atoms with E-state index in [0.29, 0.717) is 12.8 Å². The Morgan fingerprint density at radius 1 is 1.28 bits per heavy atom. The van der Waals surface area contributed by atoms with Crippen LogP contribution in [-0.2, 0) is 16.0 Å². The first-order valence-electron chi connectivity index (χ1n) is 6.11. The largest absolute Gasteiger partial charge is 0.480 e. The van der Waals surface area contributed by atoms with Gasteiger partial charge >= 0.3 is 5.97 Å². The number of aliphatic carboxylic acids is 1. The Morgan fingerprint density at radius 3 is 2.39 bits per heavy atom. The summed E-state index contributed by atoms with van der Waals surface area (Å²) in [7, 11) is 0. The monoisotopic (exact) mass is 249 g/mol. The van der Waals surface area contributed by atoms with Crippen LogP contribution in [-0.4, -0.2) is 23.0 Å². The summed E-state index contributed by atoms with van der Waals surface area (Å²) in [5, 5.41) is 11.7. The minimum Gasteiger partial charge on any atom is -0.480 e. The van der Waals surface area contributed by atoms with Crippen LogP contribution < -0.4 is 5.32 Å². The van der Waals surface area contributed by atoms with Crippen molar-refractivity contribution < 1.29 is 14.7 Å². The molecule has 0 aliphatic carbocycles. The normalized spacial score (nSPS) is 13.7. The molecule has 4 nitrogen and oxygen atoms in total. The molecular weight excluding hydrogens is 230 g/mol. The lowest BCUT2D eigenvalue weighted by Crippen LogP contribution is -2.44. The third-order valence-electron chi connectivity index (χ3n) is 2.96. The SMILES string of the molecule is CCC(C)C(=O)N[C@@H](Cc1ccccc1)C(=O)O. The van der Waals surface area contributed by atoms with E-state index in [4.69, 9.17) is 5.11 Å². The number of carbonyl (C=O) groups excluding carboxylic acids is 1. The molecule has 0 heterocycles. The molecule has 0 spiro atoms. The molecule has 18 heavy (non-hydrogen) atoms. The van der Waals surface area contributed by atoms with Crippen LogP contribution in [0.25, 0.3) is 0 Å². The second-order valence-electron chi connectivity index (χ2n) is 4.40. The molecule has 2 atom stereocenters. The highest BCUT2D eigenvalue weighted by Crippen LogP contribution is 2.06. The van der Waals surface area contributed by atoms with Gasteiger partial charge in [0.1, 0.15) is 6.04 Å². The molecule has 0 aliphatic rings. The summed E-state index contributed by atoms with van der Waals surface area (Å²) < 4.78 is 0. The summed E-state index contributed by atoms with van der Waals surface area (Å²) in [5.41, 5.74) is 0.898. The van der Waals surface area contributed by atoms with E-state index < -0.39 is 12.0 Å². The van der Waals surface area contributed by atoms with Crippen molar-refractivity contribution in [3.63, 3.8) is 0 Å². The average molecular weight is 249 g/mol. The third-order valence-corrected chi connectivity index (χ3v) is 2.96. The van der Waals surface area contributed by atoms with Gasteiger partial charge in [-0.25, -0.2) is 4.79 Å². The molecule has 0 saturated carbocycles. The number of carboxylic acids is 1. The quantitative estimate of drug-likeness (QED) is 0.808. The van der Waals surface area contributed by atoms with Crippen LogP contribution in [0.2, 0.25) is 0 Å². The lowest BCUT2D eigenvalue weighted by Gasteiger charge is -2.17. The topological polar surface area (TPSA) is 66.4 Å². The highest BCUT2D eigenvalue weighted by Gasteiger charge is 2.22. The molecule has 0 bridgehead atoms. The third kappa shape index (κ3) is 4.20. The van der Waals surface area contributed by atoms with Gasteiger partial charge in [-0.05, 0) is 12.0 Å². The van der Waals surface area contributed by atoms with Crippen LogP contribution >= 0.6 is 0 Å². The number of hydrogen-bond acceptors (Lipinski definition) is 2. The van der Waals surface area contributed by atoms with Crippen LogP contribution in [0.1, 0.15) is 25.8 Å². The van der Waals surface area contributed by atoms with Crippen molar-refractivity contribution in [3.8, 4) is 0 Å². The minimum atomic E-state index is -1.00. The van der Waals surface area contributed by atoms with Gasteiger partial charge in [-0.3, -0.25) is 4.79 Å². The number of amides is 1. The van der Waals surface area contributed by atoms with Crippen molar-refractivity contribution in [2.45, 2.75) is 32.7 Å². The summed E-state index contributed by atoms with van der Waals surface area (Å²) >= 11 is 0. The Morgan fingerprint density at radius 2 is 1.89 bits per heavy atom. The zero-order valence-corrected chi connectivity index (χ0v) is 10.7. The van der Waals surface area contributed by atoms with Crippen LogP contribution in [0.5, 0.6) is 0 Å². The van der Waals surface area contributed by atoms with Crippen molar-refractivity contribution >= 4 is 11.9 Å². The van der Waals surface area contributed by atoms with Gasteiger partial charge in [-0.15, -0.1) is 0 Å². The van der Waals surface area contributed by atoms with E-state index in [9.17, 15) is 9.59 Å². The number of rotatable bonds is 6. The van der Waals surface area contributed by atoms with E-state index in [-0.39, 0.29) is 11.8 Å². The van der Waals surface area contributed by atoms with E-state index in [1.807, 2.05) is 37.3 Å². The summed E-state index contributed by atoms with van der Waals surface area (Å²) in [5.74, 6) is -1.38. The van der Waals surface area contributed by atoms with Gasteiger partial charge in [0.2, 0.25) is 5.91 Å². The Kier molecular flexibility index (Phi) is 5.36. The Hall–Kier alpha value is -1.84. The fourth-order valence-corrected chi connectivity index (χ4v) is 1.55. The predicted octanol–water partition coefficient (Wildman–Crippen LogP) is 1.84. The lowest BCUT2D eigenvalue weighted by molar-refractivity contribution is -0.142. The summed E-state index contributed by atoms with van der Waals surface area (Å²) in [4.78, 5) is 22.8. The highest BCUT2D eigenvalue weighted by atomic mass is 16.4. The van der Waals surface area contributed by atoms with E-state index in [1.54, 1.807) is 6.92 Å². The van der Waals surface area contributed by atoms with E-state index >= 15 is 0 Å². The van der Waals surface area contributed by atoms with E-state index in [1.165, 1.54) is 0 Å².